The lowest BCUT2D eigenvalue weighted by Gasteiger charge is -2.30. The fourth-order valence-corrected chi connectivity index (χ4v) is 4.40. The molecule has 2 rings (SSSR count). The summed E-state index contributed by atoms with van der Waals surface area (Å²) in [5.74, 6) is 0.746. The summed E-state index contributed by atoms with van der Waals surface area (Å²) >= 11 is 0. The minimum absolute atomic E-state index is 0.238. The second-order valence-electron chi connectivity index (χ2n) is 9.31. The fraction of sp³-hybridized carbons (Fsp3) is 0.417. The van der Waals surface area contributed by atoms with E-state index in [4.69, 9.17) is 4.74 Å². The van der Waals surface area contributed by atoms with Crippen molar-refractivity contribution in [2.45, 2.75) is 63.7 Å². The molecule has 0 atom stereocenters. The van der Waals surface area contributed by atoms with Gasteiger partial charge in [-0.3, -0.25) is 4.72 Å². The summed E-state index contributed by atoms with van der Waals surface area (Å²) in [5, 5.41) is 0. The number of hydrogen-bond acceptors (Lipinski definition) is 3. The summed E-state index contributed by atoms with van der Waals surface area (Å²) in [6, 6.07) is 10.8. The predicted octanol–water partition coefficient (Wildman–Crippen LogP) is 5.82. The third-order valence-electron chi connectivity index (χ3n) is 4.82. The minimum Gasteiger partial charge on any atom is -0.496 e. The number of anilines is 1. The highest BCUT2D eigenvalue weighted by Gasteiger charge is 2.30. The number of nitrogens with one attached hydrogen (secondary N) is 1. The summed E-state index contributed by atoms with van der Waals surface area (Å²) in [5.41, 5.74) is 2.62. The first-order valence-corrected chi connectivity index (χ1v) is 11.2. The molecular weight excluding hydrogens is 382 g/mol. The van der Waals surface area contributed by atoms with Crippen LogP contribution >= 0.6 is 0 Å². The highest BCUT2D eigenvalue weighted by molar-refractivity contribution is 7.92. The van der Waals surface area contributed by atoms with Gasteiger partial charge < -0.3 is 4.74 Å². The smallest absolute Gasteiger partial charge is 0.261 e. The number of allylic oxidation sites excluding steroid dienone is 1. The highest BCUT2D eigenvalue weighted by atomic mass is 32.2. The van der Waals surface area contributed by atoms with Crippen LogP contribution < -0.4 is 9.46 Å². The number of ether oxygens (including phenoxy) is 1. The van der Waals surface area contributed by atoms with Crippen molar-refractivity contribution in [3.05, 3.63) is 65.7 Å². The standard InChI is InChI=1S/C24H33NO3S/c1-9-12-17-13-10-11-14-21(17)25-29(26,27)18-15-19(23(2,3)4)22(28-8)20(16-18)24(5,6)7/h9-11,13-16,25H,1,12H2,2-8H3. The average molecular weight is 416 g/mol. The monoisotopic (exact) mass is 415 g/mol. The molecule has 1 N–H and O–H groups in total. The Morgan fingerprint density at radius 1 is 1.00 bits per heavy atom. The maximum Gasteiger partial charge on any atom is 0.261 e. The fourth-order valence-electron chi connectivity index (χ4n) is 3.25. The van der Waals surface area contributed by atoms with Crippen molar-refractivity contribution >= 4 is 15.7 Å². The molecule has 0 amide bonds. The van der Waals surface area contributed by atoms with Crippen LogP contribution in [0.15, 0.2) is 53.9 Å². The molecule has 2 aromatic carbocycles. The molecule has 0 fully saturated rings. The molecule has 0 aliphatic rings. The van der Waals surface area contributed by atoms with Crippen LogP contribution in [0.1, 0.15) is 58.2 Å². The molecule has 0 unspecified atom stereocenters. The van der Waals surface area contributed by atoms with E-state index in [2.05, 4.69) is 52.8 Å². The zero-order valence-corrected chi connectivity index (χ0v) is 19.4. The predicted molar refractivity (Wildman–Crippen MR) is 122 cm³/mol. The van der Waals surface area contributed by atoms with Gasteiger partial charge in [-0.05, 0) is 41.0 Å². The maximum absolute atomic E-state index is 13.3. The Balaban J connectivity index is 2.69. The van der Waals surface area contributed by atoms with Crippen LogP contribution in [-0.4, -0.2) is 15.5 Å². The van der Waals surface area contributed by atoms with Crippen LogP contribution in [0.5, 0.6) is 5.75 Å². The Hall–Kier alpha value is -2.27. The number of benzene rings is 2. The van der Waals surface area contributed by atoms with Gasteiger partial charge in [0.1, 0.15) is 5.75 Å². The Morgan fingerprint density at radius 2 is 1.52 bits per heavy atom. The number of rotatable bonds is 6. The summed E-state index contributed by atoms with van der Waals surface area (Å²) in [4.78, 5) is 0.238. The molecule has 29 heavy (non-hydrogen) atoms. The molecule has 0 aliphatic carbocycles. The van der Waals surface area contributed by atoms with Crippen molar-refractivity contribution < 1.29 is 13.2 Å². The Morgan fingerprint density at radius 3 is 1.97 bits per heavy atom. The zero-order chi connectivity index (χ0) is 22.0. The average Bonchev–Trinajstić information content (AvgIpc) is 2.60. The molecule has 0 saturated heterocycles. The summed E-state index contributed by atoms with van der Waals surface area (Å²) < 4.78 is 35.2. The first kappa shape index (κ1) is 23.0. The second kappa shape index (κ2) is 8.23. The van der Waals surface area contributed by atoms with Crippen LogP contribution in [0, 0.1) is 0 Å². The van der Waals surface area contributed by atoms with Crippen molar-refractivity contribution in [2.75, 3.05) is 11.8 Å². The molecule has 0 spiro atoms. The van der Waals surface area contributed by atoms with Crippen LogP contribution in [0.25, 0.3) is 0 Å². The summed E-state index contributed by atoms with van der Waals surface area (Å²) in [7, 11) is -2.15. The number of para-hydroxylation sites is 1. The SMILES string of the molecule is C=CCc1ccccc1NS(=O)(=O)c1cc(C(C)(C)C)c(OC)c(C(C)(C)C)c1. The first-order chi connectivity index (χ1) is 13.3. The van der Waals surface area contributed by atoms with E-state index in [1.807, 2.05) is 18.2 Å². The third kappa shape index (κ3) is 5.21. The van der Waals surface area contributed by atoms with E-state index in [-0.39, 0.29) is 15.7 Å². The minimum atomic E-state index is -3.78. The second-order valence-corrected chi connectivity index (χ2v) is 11.0. The quantitative estimate of drug-likeness (QED) is 0.605. The van der Waals surface area contributed by atoms with Gasteiger partial charge in [0.15, 0.2) is 0 Å². The van der Waals surface area contributed by atoms with E-state index in [0.29, 0.717) is 12.1 Å². The van der Waals surface area contributed by atoms with Gasteiger partial charge in [-0.1, -0.05) is 65.8 Å². The van der Waals surface area contributed by atoms with Crippen molar-refractivity contribution in [2.24, 2.45) is 0 Å². The largest absolute Gasteiger partial charge is 0.496 e. The lowest BCUT2D eigenvalue weighted by atomic mass is 9.79. The first-order valence-electron chi connectivity index (χ1n) is 9.76. The molecule has 0 saturated carbocycles. The van der Waals surface area contributed by atoms with Crippen LogP contribution in [0.3, 0.4) is 0 Å². The molecule has 5 heteroatoms. The number of hydrogen-bond donors (Lipinski definition) is 1. The Labute approximate surface area is 176 Å². The lowest BCUT2D eigenvalue weighted by molar-refractivity contribution is 0.380. The van der Waals surface area contributed by atoms with Crippen LogP contribution in [0.2, 0.25) is 0 Å². The van der Waals surface area contributed by atoms with E-state index < -0.39 is 10.0 Å². The summed E-state index contributed by atoms with van der Waals surface area (Å²) in [6.45, 7) is 16.1. The van der Waals surface area contributed by atoms with Gasteiger partial charge in [0.05, 0.1) is 17.7 Å². The van der Waals surface area contributed by atoms with Crippen molar-refractivity contribution in [3.8, 4) is 5.75 Å². The van der Waals surface area contributed by atoms with E-state index in [0.717, 1.165) is 22.4 Å². The third-order valence-corrected chi connectivity index (χ3v) is 6.16. The number of methoxy groups -OCH3 is 1. The van der Waals surface area contributed by atoms with Gasteiger partial charge in [-0.25, -0.2) is 8.42 Å². The van der Waals surface area contributed by atoms with E-state index in [1.54, 1.807) is 31.4 Å². The van der Waals surface area contributed by atoms with E-state index >= 15 is 0 Å². The Kier molecular flexibility index (Phi) is 6.53. The molecule has 0 heterocycles. The van der Waals surface area contributed by atoms with Crippen LogP contribution in [0.4, 0.5) is 5.69 Å². The van der Waals surface area contributed by atoms with Gasteiger partial charge in [0.25, 0.3) is 10.0 Å². The van der Waals surface area contributed by atoms with Gasteiger partial charge in [0.2, 0.25) is 0 Å². The van der Waals surface area contributed by atoms with Crippen molar-refractivity contribution in [1.29, 1.82) is 0 Å². The highest BCUT2D eigenvalue weighted by Crippen LogP contribution is 2.41. The molecule has 4 nitrogen and oxygen atoms in total. The normalized spacial score (nSPS) is 12.5. The molecule has 0 aliphatic heterocycles. The van der Waals surface area contributed by atoms with Gasteiger partial charge >= 0.3 is 0 Å². The zero-order valence-electron chi connectivity index (χ0n) is 18.6. The Bertz CT molecular complexity index is 959. The van der Waals surface area contributed by atoms with Gasteiger partial charge in [0, 0.05) is 11.1 Å². The molecular formula is C24H33NO3S. The molecule has 0 bridgehead atoms. The lowest BCUT2D eigenvalue weighted by Crippen LogP contribution is -2.22. The molecule has 2 aromatic rings. The van der Waals surface area contributed by atoms with Gasteiger partial charge in [-0.2, -0.15) is 0 Å². The number of sulfonamides is 1. The molecule has 0 aromatic heterocycles. The van der Waals surface area contributed by atoms with Crippen LogP contribution in [-0.2, 0) is 27.3 Å². The van der Waals surface area contributed by atoms with E-state index in [1.165, 1.54) is 0 Å². The van der Waals surface area contributed by atoms with Gasteiger partial charge in [-0.15, -0.1) is 6.58 Å². The molecule has 0 radical (unpaired) electrons. The molecule has 158 valence electrons. The topological polar surface area (TPSA) is 55.4 Å². The van der Waals surface area contributed by atoms with Crippen molar-refractivity contribution in [3.63, 3.8) is 0 Å². The summed E-state index contributed by atoms with van der Waals surface area (Å²) in [6.07, 6.45) is 2.34. The maximum atomic E-state index is 13.3. The van der Waals surface area contributed by atoms with E-state index in [9.17, 15) is 8.42 Å². The van der Waals surface area contributed by atoms with Crippen molar-refractivity contribution in [1.82, 2.24) is 0 Å².